The van der Waals surface area contributed by atoms with E-state index < -0.39 is 0 Å². The van der Waals surface area contributed by atoms with Gasteiger partial charge in [0.2, 0.25) is 0 Å². The maximum absolute atomic E-state index is 10.4. The van der Waals surface area contributed by atoms with Gasteiger partial charge in [-0.15, -0.1) is 0 Å². The summed E-state index contributed by atoms with van der Waals surface area (Å²) in [7, 11) is 0. The van der Waals surface area contributed by atoms with Crippen molar-refractivity contribution in [3.8, 4) is 0 Å². The molecule has 0 aromatic heterocycles. The highest BCUT2D eigenvalue weighted by atomic mass is 16.1. The highest BCUT2D eigenvalue weighted by Gasteiger charge is 1.85. The molecule has 0 atom stereocenters. The van der Waals surface area contributed by atoms with Crippen LogP contribution in [0.4, 0.5) is 0 Å². The molecule has 0 aromatic rings. The first-order chi connectivity index (χ1) is 4.31. The smallest absolute Gasteiger partial charge is 0.169 e. The second-order valence-corrected chi connectivity index (χ2v) is 1.56. The van der Waals surface area contributed by atoms with Gasteiger partial charge in [0.05, 0.1) is 6.54 Å². The summed E-state index contributed by atoms with van der Waals surface area (Å²) >= 11 is 0. The van der Waals surface area contributed by atoms with Gasteiger partial charge in [0.1, 0.15) is 0 Å². The Bertz CT molecular complexity index is 136. The third kappa shape index (κ3) is 4.97. The molecule has 0 rings (SSSR count). The van der Waals surface area contributed by atoms with Crippen LogP contribution in [-0.2, 0) is 4.79 Å². The molecule has 2 nitrogen and oxygen atoms in total. The second kappa shape index (κ2) is 5.25. The third-order valence-corrected chi connectivity index (χ3v) is 0.787. The van der Waals surface area contributed by atoms with Crippen LogP contribution < -0.4 is 5.73 Å². The summed E-state index contributed by atoms with van der Waals surface area (Å²) in [4.78, 5) is 10.4. The van der Waals surface area contributed by atoms with E-state index in [1.54, 1.807) is 12.2 Å². The maximum atomic E-state index is 10.4. The first-order valence-corrected chi connectivity index (χ1v) is 2.83. The van der Waals surface area contributed by atoms with Crippen LogP contribution in [0, 0.1) is 0 Å². The van der Waals surface area contributed by atoms with Crippen molar-refractivity contribution in [2.75, 3.05) is 6.54 Å². The van der Waals surface area contributed by atoms with Gasteiger partial charge in [-0.25, -0.2) is 0 Å². The lowest BCUT2D eigenvalue weighted by Gasteiger charge is -1.80. The molecule has 0 spiro atoms. The zero-order valence-electron chi connectivity index (χ0n) is 5.50. The fraction of sp³-hybridized carbons (Fsp3) is 0.286. The van der Waals surface area contributed by atoms with Crippen LogP contribution in [0.15, 0.2) is 24.3 Å². The van der Waals surface area contributed by atoms with E-state index in [1.807, 2.05) is 13.0 Å². The summed E-state index contributed by atoms with van der Waals surface area (Å²) in [6.07, 6.45) is 6.77. The monoisotopic (exact) mass is 125 g/mol. The molecule has 0 aliphatic heterocycles. The van der Waals surface area contributed by atoms with Crippen LogP contribution in [0.2, 0.25) is 0 Å². The fourth-order valence-electron chi connectivity index (χ4n) is 0.342. The summed E-state index contributed by atoms with van der Waals surface area (Å²) in [6.45, 7) is 1.98. The Labute approximate surface area is 55.1 Å². The van der Waals surface area contributed by atoms with E-state index in [9.17, 15) is 4.79 Å². The van der Waals surface area contributed by atoms with Gasteiger partial charge in [-0.3, -0.25) is 4.79 Å². The summed E-state index contributed by atoms with van der Waals surface area (Å²) in [5.41, 5.74) is 5.03. The average Bonchev–Trinajstić information content (AvgIpc) is 1.89. The van der Waals surface area contributed by atoms with Gasteiger partial charge >= 0.3 is 0 Å². The average molecular weight is 125 g/mol. The van der Waals surface area contributed by atoms with Crippen molar-refractivity contribution in [1.82, 2.24) is 0 Å². The molecule has 2 heteroatoms. The fourth-order valence-corrected chi connectivity index (χ4v) is 0.342. The number of allylic oxidation sites excluding steroid dienone is 3. The minimum absolute atomic E-state index is 0.0481. The van der Waals surface area contributed by atoms with Gasteiger partial charge < -0.3 is 5.73 Å². The SMILES string of the molecule is C/C=C/C=C/C(=O)CN. The molecule has 0 saturated carbocycles. The van der Waals surface area contributed by atoms with E-state index in [0.717, 1.165) is 0 Å². The van der Waals surface area contributed by atoms with Gasteiger partial charge in [0.25, 0.3) is 0 Å². The highest BCUT2D eigenvalue weighted by molar-refractivity contribution is 5.91. The first-order valence-electron chi connectivity index (χ1n) is 2.83. The molecular formula is C7H11NO. The van der Waals surface area contributed by atoms with Crippen LogP contribution in [-0.4, -0.2) is 12.3 Å². The van der Waals surface area contributed by atoms with Crippen molar-refractivity contribution in [2.45, 2.75) is 6.92 Å². The van der Waals surface area contributed by atoms with Crippen molar-refractivity contribution >= 4 is 5.78 Å². The molecule has 0 aliphatic carbocycles. The second-order valence-electron chi connectivity index (χ2n) is 1.56. The Balaban J connectivity index is 3.57. The lowest BCUT2D eigenvalue weighted by molar-refractivity contribution is -0.113. The molecule has 0 aliphatic rings. The number of carbonyl (C=O) groups is 1. The Morgan fingerprint density at radius 1 is 1.56 bits per heavy atom. The molecule has 0 aromatic carbocycles. The zero-order chi connectivity index (χ0) is 7.11. The Morgan fingerprint density at radius 2 is 2.22 bits per heavy atom. The third-order valence-electron chi connectivity index (χ3n) is 0.787. The normalized spacial score (nSPS) is 11.3. The molecule has 0 amide bonds. The van der Waals surface area contributed by atoms with Crippen molar-refractivity contribution in [3.63, 3.8) is 0 Å². The van der Waals surface area contributed by atoms with Crippen LogP contribution in [0.1, 0.15) is 6.92 Å². The lowest BCUT2D eigenvalue weighted by atomic mass is 10.3. The molecule has 0 fully saturated rings. The van der Waals surface area contributed by atoms with E-state index in [4.69, 9.17) is 5.73 Å². The topological polar surface area (TPSA) is 43.1 Å². The van der Waals surface area contributed by atoms with Crippen molar-refractivity contribution in [1.29, 1.82) is 0 Å². The predicted octanol–water partition coefficient (Wildman–Crippen LogP) is 0.647. The molecule has 0 radical (unpaired) electrons. The molecule has 9 heavy (non-hydrogen) atoms. The Kier molecular flexibility index (Phi) is 4.73. The molecule has 2 N–H and O–H groups in total. The number of hydrogen-bond donors (Lipinski definition) is 1. The van der Waals surface area contributed by atoms with E-state index in [1.165, 1.54) is 6.08 Å². The van der Waals surface area contributed by atoms with E-state index in [-0.39, 0.29) is 12.3 Å². The minimum Gasteiger partial charge on any atom is -0.324 e. The molecule has 50 valence electrons. The number of nitrogens with two attached hydrogens (primary N) is 1. The predicted molar refractivity (Wildman–Crippen MR) is 38.0 cm³/mol. The quantitative estimate of drug-likeness (QED) is 0.444. The minimum atomic E-state index is -0.0481. The summed E-state index contributed by atoms with van der Waals surface area (Å²) in [5.74, 6) is -0.0481. The number of hydrogen-bond acceptors (Lipinski definition) is 2. The van der Waals surface area contributed by atoms with Crippen LogP contribution in [0.5, 0.6) is 0 Å². The van der Waals surface area contributed by atoms with E-state index >= 15 is 0 Å². The Morgan fingerprint density at radius 3 is 2.67 bits per heavy atom. The van der Waals surface area contributed by atoms with Crippen molar-refractivity contribution < 1.29 is 4.79 Å². The summed E-state index contributed by atoms with van der Waals surface area (Å²) < 4.78 is 0. The molecule has 0 saturated heterocycles. The first kappa shape index (κ1) is 8.11. The van der Waals surface area contributed by atoms with Gasteiger partial charge in [0.15, 0.2) is 5.78 Å². The number of rotatable bonds is 3. The zero-order valence-corrected chi connectivity index (χ0v) is 5.50. The molecule has 0 heterocycles. The van der Waals surface area contributed by atoms with Gasteiger partial charge in [-0.2, -0.15) is 0 Å². The standard InChI is InChI=1S/C7H11NO/c1-2-3-4-5-7(9)6-8/h2-5H,6,8H2,1H3/b3-2+,5-4+. The van der Waals surface area contributed by atoms with E-state index in [2.05, 4.69) is 0 Å². The van der Waals surface area contributed by atoms with E-state index in [0.29, 0.717) is 0 Å². The number of carbonyl (C=O) groups excluding carboxylic acids is 1. The molecule has 0 unspecified atom stereocenters. The lowest BCUT2D eigenvalue weighted by Crippen LogP contribution is -2.09. The van der Waals surface area contributed by atoms with Crippen molar-refractivity contribution in [2.24, 2.45) is 5.73 Å². The van der Waals surface area contributed by atoms with Crippen molar-refractivity contribution in [3.05, 3.63) is 24.3 Å². The highest BCUT2D eigenvalue weighted by Crippen LogP contribution is 1.76. The van der Waals surface area contributed by atoms with Gasteiger partial charge in [0, 0.05) is 0 Å². The van der Waals surface area contributed by atoms with Gasteiger partial charge in [-0.1, -0.05) is 18.2 Å². The van der Waals surface area contributed by atoms with Crippen LogP contribution in [0.3, 0.4) is 0 Å². The molecule has 0 bridgehead atoms. The summed E-state index contributed by atoms with van der Waals surface area (Å²) in [6, 6.07) is 0. The van der Waals surface area contributed by atoms with Crippen LogP contribution in [0.25, 0.3) is 0 Å². The largest absolute Gasteiger partial charge is 0.324 e. The summed E-state index contributed by atoms with van der Waals surface area (Å²) in [5, 5.41) is 0. The maximum Gasteiger partial charge on any atom is 0.169 e. The molecular weight excluding hydrogens is 114 g/mol. The number of ketones is 1. The van der Waals surface area contributed by atoms with Crippen LogP contribution >= 0.6 is 0 Å². The Hall–Kier alpha value is -0.890. The van der Waals surface area contributed by atoms with Gasteiger partial charge in [-0.05, 0) is 13.0 Å².